The summed E-state index contributed by atoms with van der Waals surface area (Å²) in [6.07, 6.45) is -4.04. The third-order valence-corrected chi connectivity index (χ3v) is 6.70. The second kappa shape index (κ2) is 10.4. The summed E-state index contributed by atoms with van der Waals surface area (Å²) in [4.78, 5) is 0. The molecule has 4 aromatic carbocycles. The summed E-state index contributed by atoms with van der Waals surface area (Å²) in [6, 6.07) is 16.0. The van der Waals surface area contributed by atoms with Gasteiger partial charge in [-0.25, -0.2) is 17.6 Å². The van der Waals surface area contributed by atoms with Gasteiger partial charge in [0.05, 0.1) is 22.8 Å². The summed E-state index contributed by atoms with van der Waals surface area (Å²) in [5.41, 5.74) is -0.188. The van der Waals surface area contributed by atoms with Crippen LogP contribution in [0.2, 0.25) is 5.02 Å². The molecule has 0 aliphatic rings. The van der Waals surface area contributed by atoms with Crippen LogP contribution in [-0.2, 0) is 25.6 Å². The molecule has 0 spiro atoms. The zero-order chi connectivity index (χ0) is 27.9. The van der Waals surface area contributed by atoms with Gasteiger partial charge in [0.15, 0.2) is 0 Å². The molecule has 1 heterocycles. The van der Waals surface area contributed by atoms with Crippen molar-refractivity contribution in [2.75, 3.05) is 0 Å². The molecule has 10 heteroatoms. The Morgan fingerprint density at radius 2 is 1.49 bits per heavy atom. The van der Waals surface area contributed by atoms with E-state index in [0.717, 1.165) is 16.3 Å². The van der Waals surface area contributed by atoms with E-state index in [0.29, 0.717) is 36.1 Å². The Morgan fingerprint density at radius 3 is 2.21 bits per heavy atom. The highest BCUT2D eigenvalue weighted by Crippen LogP contribution is 2.38. The Kier molecular flexibility index (Phi) is 7.11. The minimum Gasteiger partial charge on any atom is -0.259 e. The van der Waals surface area contributed by atoms with Gasteiger partial charge in [0.2, 0.25) is 0 Å². The van der Waals surface area contributed by atoms with E-state index in [4.69, 9.17) is 11.6 Å². The standard InChI is InChI=1S/C29H18ClF7N2/c30-23-9-2-5-17(26(23)34)11-10-16-4-1-6-18(12-16)28-20-7-3-8-22(29(35,36)37)27(20)38-39(28)15-21-24(32)13-19(31)14-25(21)33/h1-9,12-14H,10-11,15H2. The highest BCUT2D eigenvalue weighted by molar-refractivity contribution is 6.30. The van der Waals surface area contributed by atoms with Crippen LogP contribution in [0.3, 0.4) is 0 Å². The summed E-state index contributed by atoms with van der Waals surface area (Å²) in [5.74, 6) is -4.03. The lowest BCUT2D eigenvalue weighted by Gasteiger charge is -2.12. The van der Waals surface area contributed by atoms with Crippen LogP contribution in [0.4, 0.5) is 30.7 Å². The molecule has 0 atom stereocenters. The van der Waals surface area contributed by atoms with Gasteiger partial charge in [-0.15, -0.1) is 0 Å². The van der Waals surface area contributed by atoms with Crippen LogP contribution in [-0.4, -0.2) is 9.78 Å². The van der Waals surface area contributed by atoms with Crippen molar-refractivity contribution in [1.82, 2.24) is 9.78 Å². The van der Waals surface area contributed by atoms with Crippen LogP contribution >= 0.6 is 11.6 Å². The third-order valence-electron chi connectivity index (χ3n) is 6.40. The number of aryl methyl sites for hydroxylation is 2. The lowest BCUT2D eigenvalue weighted by atomic mass is 9.99. The number of nitrogens with zero attached hydrogens (tertiary/aromatic N) is 2. The van der Waals surface area contributed by atoms with E-state index in [-0.39, 0.29) is 16.1 Å². The number of benzene rings is 4. The van der Waals surface area contributed by atoms with E-state index in [1.807, 2.05) is 0 Å². The second-order valence-corrected chi connectivity index (χ2v) is 9.37. The first-order valence-electron chi connectivity index (χ1n) is 11.8. The molecule has 0 aliphatic carbocycles. The van der Waals surface area contributed by atoms with E-state index >= 15 is 0 Å². The van der Waals surface area contributed by atoms with Gasteiger partial charge in [-0.1, -0.05) is 54.1 Å². The van der Waals surface area contributed by atoms with Gasteiger partial charge < -0.3 is 0 Å². The Morgan fingerprint density at radius 1 is 0.795 bits per heavy atom. The molecule has 0 saturated heterocycles. The van der Waals surface area contributed by atoms with E-state index < -0.39 is 52.6 Å². The van der Waals surface area contributed by atoms with Crippen molar-refractivity contribution in [3.63, 3.8) is 0 Å². The topological polar surface area (TPSA) is 17.8 Å². The number of rotatable bonds is 6. The summed E-state index contributed by atoms with van der Waals surface area (Å²) in [6.45, 7) is -0.586. The molecular weight excluding hydrogens is 545 g/mol. The van der Waals surface area contributed by atoms with Crippen LogP contribution < -0.4 is 0 Å². The van der Waals surface area contributed by atoms with Crippen LogP contribution in [0.1, 0.15) is 22.3 Å². The number of halogens is 8. The van der Waals surface area contributed by atoms with Gasteiger partial charge in [0, 0.05) is 28.6 Å². The highest BCUT2D eigenvalue weighted by atomic mass is 35.5. The molecule has 1 aromatic heterocycles. The lowest BCUT2D eigenvalue weighted by molar-refractivity contribution is -0.136. The van der Waals surface area contributed by atoms with E-state index in [2.05, 4.69) is 5.10 Å². The molecule has 0 saturated carbocycles. The van der Waals surface area contributed by atoms with Crippen molar-refractivity contribution in [3.8, 4) is 11.3 Å². The zero-order valence-corrected chi connectivity index (χ0v) is 20.7. The van der Waals surface area contributed by atoms with Crippen molar-refractivity contribution >= 4 is 22.5 Å². The Balaban J connectivity index is 1.62. The number of alkyl halides is 3. The van der Waals surface area contributed by atoms with Crippen LogP contribution in [0.5, 0.6) is 0 Å². The maximum atomic E-state index is 14.5. The predicted octanol–water partition coefficient (Wildman–Crippen LogP) is 8.77. The largest absolute Gasteiger partial charge is 0.418 e. The summed E-state index contributed by atoms with van der Waals surface area (Å²) < 4.78 is 99.3. The zero-order valence-electron chi connectivity index (χ0n) is 20.0. The Labute approximate surface area is 223 Å². The molecule has 0 amide bonds. The van der Waals surface area contributed by atoms with Gasteiger partial charge in [-0.3, -0.25) is 4.68 Å². The molecule has 0 aliphatic heterocycles. The van der Waals surface area contributed by atoms with Crippen molar-refractivity contribution < 1.29 is 30.7 Å². The second-order valence-electron chi connectivity index (χ2n) is 8.97. The predicted molar refractivity (Wildman–Crippen MR) is 134 cm³/mol. The molecule has 5 aromatic rings. The Bertz CT molecular complexity index is 1670. The summed E-state index contributed by atoms with van der Waals surface area (Å²) in [7, 11) is 0. The minimum atomic E-state index is -4.73. The molecule has 0 N–H and O–H groups in total. The fourth-order valence-corrected chi connectivity index (χ4v) is 4.76. The first-order valence-corrected chi connectivity index (χ1v) is 12.1. The smallest absolute Gasteiger partial charge is 0.259 e. The molecule has 39 heavy (non-hydrogen) atoms. The molecular formula is C29H18ClF7N2. The molecule has 200 valence electrons. The van der Waals surface area contributed by atoms with Gasteiger partial charge in [0.1, 0.15) is 28.8 Å². The monoisotopic (exact) mass is 562 g/mol. The molecule has 5 rings (SSSR count). The molecule has 0 unspecified atom stereocenters. The quantitative estimate of drug-likeness (QED) is 0.189. The highest BCUT2D eigenvalue weighted by Gasteiger charge is 2.34. The number of fused-ring (bicyclic) bond motifs is 1. The number of hydrogen-bond acceptors (Lipinski definition) is 1. The SMILES string of the molecule is Fc1cc(F)c(Cn2nc3c(C(F)(F)F)cccc3c2-c2cccc(CCc3cccc(Cl)c3F)c2)c(F)c1. The van der Waals surface area contributed by atoms with E-state index in [1.54, 1.807) is 36.4 Å². The summed E-state index contributed by atoms with van der Waals surface area (Å²) in [5, 5.41) is 4.22. The van der Waals surface area contributed by atoms with Crippen LogP contribution in [0.15, 0.2) is 72.8 Å². The maximum Gasteiger partial charge on any atom is 0.418 e. The average Bonchev–Trinajstić information content (AvgIpc) is 3.24. The molecule has 0 bridgehead atoms. The first-order chi connectivity index (χ1) is 18.5. The van der Waals surface area contributed by atoms with Crippen molar-refractivity contribution in [2.45, 2.75) is 25.6 Å². The van der Waals surface area contributed by atoms with Gasteiger partial charge in [0.25, 0.3) is 0 Å². The normalized spacial score (nSPS) is 11.9. The van der Waals surface area contributed by atoms with Crippen LogP contribution in [0.25, 0.3) is 22.2 Å². The molecule has 0 fully saturated rings. The molecule has 2 nitrogen and oxygen atoms in total. The fourth-order valence-electron chi connectivity index (χ4n) is 4.57. The minimum absolute atomic E-state index is 0.00245. The number of hydrogen-bond donors (Lipinski definition) is 0. The Hall–Kier alpha value is -3.85. The van der Waals surface area contributed by atoms with Gasteiger partial charge in [-0.2, -0.15) is 18.3 Å². The first kappa shape index (κ1) is 26.7. The van der Waals surface area contributed by atoms with Gasteiger partial charge >= 0.3 is 6.18 Å². The van der Waals surface area contributed by atoms with Gasteiger partial charge in [-0.05, 0) is 42.2 Å². The number of aromatic nitrogens is 2. The van der Waals surface area contributed by atoms with E-state index in [1.165, 1.54) is 18.2 Å². The third kappa shape index (κ3) is 5.36. The van der Waals surface area contributed by atoms with Crippen molar-refractivity contribution in [1.29, 1.82) is 0 Å². The average molecular weight is 563 g/mol. The summed E-state index contributed by atoms with van der Waals surface area (Å²) >= 11 is 5.86. The molecule has 0 radical (unpaired) electrons. The maximum absolute atomic E-state index is 14.5. The lowest BCUT2D eigenvalue weighted by Crippen LogP contribution is -2.09. The van der Waals surface area contributed by atoms with Crippen molar-refractivity contribution in [3.05, 3.63) is 123 Å². The fraction of sp³-hybridized carbons (Fsp3) is 0.138. The van der Waals surface area contributed by atoms with Crippen molar-refractivity contribution in [2.24, 2.45) is 0 Å². The van der Waals surface area contributed by atoms with E-state index in [9.17, 15) is 30.7 Å². The van der Waals surface area contributed by atoms with Crippen LogP contribution in [0, 0.1) is 23.3 Å².